The maximum absolute atomic E-state index is 12.6. The number of carbonyl (C=O) groups is 1. The van der Waals surface area contributed by atoms with E-state index in [1.165, 1.54) is 24.8 Å². The predicted octanol–water partition coefficient (Wildman–Crippen LogP) is 3.53. The molecule has 0 aliphatic carbocycles. The van der Waals surface area contributed by atoms with E-state index >= 15 is 0 Å². The van der Waals surface area contributed by atoms with Crippen molar-refractivity contribution in [3.05, 3.63) is 48.0 Å². The second kappa shape index (κ2) is 9.92. The van der Waals surface area contributed by atoms with Crippen molar-refractivity contribution in [2.24, 2.45) is 0 Å². The number of piperazine rings is 1. The summed E-state index contributed by atoms with van der Waals surface area (Å²) in [6, 6.07) is 15.0. The molecule has 160 valence electrons. The fourth-order valence-corrected chi connectivity index (χ4v) is 4.61. The summed E-state index contributed by atoms with van der Waals surface area (Å²) in [6.07, 6.45) is 6.34. The van der Waals surface area contributed by atoms with Crippen molar-refractivity contribution in [2.45, 2.75) is 51.5 Å². The monoisotopic (exact) mass is 407 g/mol. The third kappa shape index (κ3) is 4.91. The quantitative estimate of drug-likeness (QED) is 0.733. The largest absolute Gasteiger partial charge is 0.352 e. The van der Waals surface area contributed by atoms with E-state index in [9.17, 15) is 4.79 Å². The molecule has 1 aromatic heterocycles. The summed E-state index contributed by atoms with van der Waals surface area (Å²) in [5.74, 6) is 2.16. The maximum Gasteiger partial charge on any atom is 0.223 e. The predicted molar refractivity (Wildman–Crippen MR) is 121 cm³/mol. The Labute approximate surface area is 179 Å². The van der Waals surface area contributed by atoms with Crippen molar-refractivity contribution >= 4 is 17.5 Å². The second-order valence-electron chi connectivity index (χ2n) is 8.35. The van der Waals surface area contributed by atoms with Crippen LogP contribution in [-0.4, -0.2) is 59.8 Å². The zero-order valence-corrected chi connectivity index (χ0v) is 18.0. The molecule has 0 N–H and O–H groups in total. The molecule has 2 aromatic rings. The Morgan fingerprint density at radius 1 is 0.933 bits per heavy atom. The standard InChI is InChI=1S/C24H33N5O/c1-2-21-10-6-7-15-29(21)23-13-12-22(25-26-23)27-16-18-28(19-17-27)24(30)14-11-20-8-4-3-5-9-20/h3-5,8-9,12-13,21H,2,6-7,10-11,14-19H2,1H3. The van der Waals surface area contributed by atoms with Crippen molar-refractivity contribution in [2.75, 3.05) is 42.5 Å². The number of hydrogen-bond acceptors (Lipinski definition) is 5. The van der Waals surface area contributed by atoms with Crippen LogP contribution in [0.4, 0.5) is 11.6 Å². The van der Waals surface area contributed by atoms with Gasteiger partial charge in [0.25, 0.3) is 0 Å². The highest BCUT2D eigenvalue weighted by Gasteiger charge is 2.24. The molecule has 6 nitrogen and oxygen atoms in total. The Morgan fingerprint density at radius 2 is 1.67 bits per heavy atom. The number of rotatable bonds is 6. The molecule has 1 unspecified atom stereocenters. The Balaban J connectivity index is 1.28. The van der Waals surface area contributed by atoms with E-state index in [2.05, 4.69) is 51.2 Å². The van der Waals surface area contributed by atoms with E-state index in [0.717, 1.165) is 57.2 Å². The first-order chi connectivity index (χ1) is 14.7. The van der Waals surface area contributed by atoms with Crippen LogP contribution in [0.5, 0.6) is 0 Å². The zero-order valence-electron chi connectivity index (χ0n) is 18.0. The van der Waals surface area contributed by atoms with E-state index in [-0.39, 0.29) is 5.91 Å². The first-order valence-corrected chi connectivity index (χ1v) is 11.4. The van der Waals surface area contributed by atoms with E-state index in [0.29, 0.717) is 12.5 Å². The number of amides is 1. The molecule has 4 rings (SSSR count). The van der Waals surface area contributed by atoms with Crippen molar-refractivity contribution in [1.82, 2.24) is 15.1 Å². The van der Waals surface area contributed by atoms with Gasteiger partial charge in [-0.15, -0.1) is 10.2 Å². The van der Waals surface area contributed by atoms with Gasteiger partial charge in [0, 0.05) is 45.2 Å². The van der Waals surface area contributed by atoms with Gasteiger partial charge in [-0.1, -0.05) is 37.3 Å². The molecular formula is C24H33N5O. The average Bonchev–Trinajstić information content (AvgIpc) is 2.83. The Hall–Kier alpha value is -2.63. The molecule has 0 spiro atoms. The van der Waals surface area contributed by atoms with Gasteiger partial charge in [-0.2, -0.15) is 0 Å². The topological polar surface area (TPSA) is 52.6 Å². The van der Waals surface area contributed by atoms with Crippen molar-refractivity contribution in [3.8, 4) is 0 Å². The fourth-order valence-electron chi connectivity index (χ4n) is 4.61. The van der Waals surface area contributed by atoms with E-state index in [1.807, 2.05) is 23.1 Å². The third-order valence-corrected chi connectivity index (χ3v) is 6.46. The summed E-state index contributed by atoms with van der Waals surface area (Å²) in [5, 5.41) is 9.07. The summed E-state index contributed by atoms with van der Waals surface area (Å²) >= 11 is 0. The van der Waals surface area contributed by atoms with Crippen LogP contribution in [0.3, 0.4) is 0 Å². The highest BCUT2D eigenvalue weighted by atomic mass is 16.2. The Morgan fingerprint density at radius 3 is 2.37 bits per heavy atom. The van der Waals surface area contributed by atoms with Gasteiger partial charge in [-0.25, -0.2) is 0 Å². The SMILES string of the molecule is CCC1CCCCN1c1ccc(N2CCN(C(=O)CCc3ccccc3)CC2)nn1. The first-order valence-electron chi connectivity index (χ1n) is 11.4. The molecule has 0 saturated carbocycles. The molecule has 1 amide bonds. The van der Waals surface area contributed by atoms with Crippen molar-refractivity contribution in [1.29, 1.82) is 0 Å². The second-order valence-corrected chi connectivity index (χ2v) is 8.35. The van der Waals surface area contributed by atoms with Crippen LogP contribution in [-0.2, 0) is 11.2 Å². The number of anilines is 2. The summed E-state index contributed by atoms with van der Waals surface area (Å²) in [4.78, 5) is 19.2. The van der Waals surface area contributed by atoms with Crippen LogP contribution in [0.1, 0.15) is 44.6 Å². The highest BCUT2D eigenvalue weighted by molar-refractivity contribution is 5.76. The van der Waals surface area contributed by atoms with Gasteiger partial charge in [-0.3, -0.25) is 4.79 Å². The fraction of sp³-hybridized carbons (Fsp3) is 0.542. The molecule has 2 saturated heterocycles. The smallest absolute Gasteiger partial charge is 0.223 e. The lowest BCUT2D eigenvalue weighted by atomic mass is 10.0. The molecular weight excluding hydrogens is 374 g/mol. The minimum atomic E-state index is 0.246. The maximum atomic E-state index is 12.6. The van der Waals surface area contributed by atoms with Gasteiger partial charge >= 0.3 is 0 Å². The number of nitrogens with zero attached hydrogens (tertiary/aromatic N) is 5. The molecule has 1 aromatic carbocycles. The molecule has 3 heterocycles. The van der Waals surface area contributed by atoms with Gasteiger partial charge in [0.15, 0.2) is 11.6 Å². The molecule has 2 aliphatic heterocycles. The molecule has 1 atom stereocenters. The summed E-state index contributed by atoms with van der Waals surface area (Å²) in [5.41, 5.74) is 1.22. The van der Waals surface area contributed by atoms with Crippen LogP contribution in [0, 0.1) is 0 Å². The van der Waals surface area contributed by atoms with Crippen LogP contribution in [0.25, 0.3) is 0 Å². The number of benzene rings is 1. The summed E-state index contributed by atoms with van der Waals surface area (Å²) in [6.45, 7) is 6.46. The van der Waals surface area contributed by atoms with Crippen LogP contribution >= 0.6 is 0 Å². The Kier molecular flexibility index (Phi) is 6.82. The van der Waals surface area contributed by atoms with Gasteiger partial charge in [0.2, 0.25) is 5.91 Å². The van der Waals surface area contributed by atoms with Gasteiger partial charge in [0.05, 0.1) is 0 Å². The lowest BCUT2D eigenvalue weighted by molar-refractivity contribution is -0.131. The average molecular weight is 408 g/mol. The minimum Gasteiger partial charge on any atom is -0.352 e. The lowest BCUT2D eigenvalue weighted by Gasteiger charge is -2.37. The highest BCUT2D eigenvalue weighted by Crippen LogP contribution is 2.25. The molecule has 2 aliphatic rings. The van der Waals surface area contributed by atoms with Crippen molar-refractivity contribution in [3.63, 3.8) is 0 Å². The molecule has 6 heteroatoms. The third-order valence-electron chi connectivity index (χ3n) is 6.46. The zero-order chi connectivity index (χ0) is 20.8. The number of aryl methyl sites for hydroxylation is 1. The van der Waals surface area contributed by atoms with E-state index in [4.69, 9.17) is 0 Å². The van der Waals surface area contributed by atoms with Crippen LogP contribution in [0.15, 0.2) is 42.5 Å². The molecule has 30 heavy (non-hydrogen) atoms. The number of piperidine rings is 1. The summed E-state index contributed by atoms with van der Waals surface area (Å²) < 4.78 is 0. The van der Waals surface area contributed by atoms with Gasteiger partial charge < -0.3 is 14.7 Å². The van der Waals surface area contributed by atoms with Crippen LogP contribution < -0.4 is 9.80 Å². The first kappa shape index (κ1) is 20.6. The molecule has 2 fully saturated rings. The van der Waals surface area contributed by atoms with Crippen molar-refractivity contribution < 1.29 is 4.79 Å². The molecule has 0 bridgehead atoms. The Bertz CT molecular complexity index is 802. The summed E-state index contributed by atoms with van der Waals surface area (Å²) in [7, 11) is 0. The van der Waals surface area contributed by atoms with Gasteiger partial charge in [0.1, 0.15) is 0 Å². The number of aromatic nitrogens is 2. The van der Waals surface area contributed by atoms with Crippen LogP contribution in [0.2, 0.25) is 0 Å². The van der Waals surface area contributed by atoms with Gasteiger partial charge in [-0.05, 0) is 49.8 Å². The van der Waals surface area contributed by atoms with E-state index in [1.54, 1.807) is 0 Å². The number of carbonyl (C=O) groups excluding carboxylic acids is 1. The lowest BCUT2D eigenvalue weighted by Crippen LogP contribution is -2.49. The number of hydrogen-bond donors (Lipinski definition) is 0. The minimum absolute atomic E-state index is 0.246. The molecule has 0 radical (unpaired) electrons. The van der Waals surface area contributed by atoms with E-state index < -0.39 is 0 Å². The normalized spacial score (nSPS) is 19.8.